The Morgan fingerprint density at radius 1 is 1.27 bits per heavy atom. The number of rotatable bonds is 5. The summed E-state index contributed by atoms with van der Waals surface area (Å²) in [5.74, 6) is 0.830. The molecule has 0 fully saturated rings. The number of ether oxygens (including phenoxy) is 2. The van der Waals surface area contributed by atoms with Crippen molar-refractivity contribution in [2.45, 2.75) is 19.1 Å². The van der Waals surface area contributed by atoms with Crippen molar-refractivity contribution in [2.24, 2.45) is 0 Å². The summed E-state index contributed by atoms with van der Waals surface area (Å²) in [5, 5.41) is 18.0. The van der Waals surface area contributed by atoms with Crippen LogP contribution in [0, 0.1) is 0 Å². The van der Waals surface area contributed by atoms with Gasteiger partial charge in [0.25, 0.3) is 0 Å². The molecule has 0 spiro atoms. The van der Waals surface area contributed by atoms with E-state index in [0.29, 0.717) is 5.75 Å². The Bertz CT molecular complexity index is 279. The van der Waals surface area contributed by atoms with Crippen LogP contribution in [0.1, 0.15) is 6.92 Å². The van der Waals surface area contributed by atoms with Gasteiger partial charge in [0, 0.05) is 7.11 Å². The van der Waals surface area contributed by atoms with Crippen molar-refractivity contribution < 1.29 is 19.7 Å². The molecule has 0 amide bonds. The molecule has 15 heavy (non-hydrogen) atoms. The first kappa shape index (κ1) is 11.8. The highest BCUT2D eigenvalue weighted by atomic mass is 16.5. The molecule has 1 aromatic rings. The Balaban J connectivity index is 2.57. The van der Waals surface area contributed by atoms with Crippen molar-refractivity contribution in [1.82, 2.24) is 0 Å². The highest BCUT2D eigenvalue weighted by Gasteiger charge is 2.16. The zero-order valence-corrected chi connectivity index (χ0v) is 8.88. The van der Waals surface area contributed by atoms with Crippen LogP contribution < -0.4 is 4.74 Å². The summed E-state index contributed by atoms with van der Waals surface area (Å²) < 4.78 is 10.5. The molecule has 0 aliphatic rings. The van der Waals surface area contributed by atoms with Gasteiger partial charge in [-0.3, -0.25) is 0 Å². The maximum Gasteiger partial charge on any atom is 0.124 e. The van der Waals surface area contributed by atoms with Crippen molar-refractivity contribution in [3.63, 3.8) is 0 Å². The van der Waals surface area contributed by atoms with Crippen molar-refractivity contribution in [3.8, 4) is 11.5 Å². The molecule has 0 bridgehead atoms. The third kappa shape index (κ3) is 3.42. The Labute approximate surface area is 89.1 Å². The number of methoxy groups -OCH3 is 1. The zero-order chi connectivity index (χ0) is 11.3. The van der Waals surface area contributed by atoms with Gasteiger partial charge in [0.1, 0.15) is 23.7 Å². The van der Waals surface area contributed by atoms with E-state index in [-0.39, 0.29) is 24.6 Å². The van der Waals surface area contributed by atoms with E-state index in [0.717, 1.165) is 0 Å². The molecule has 0 aromatic heterocycles. The summed E-state index contributed by atoms with van der Waals surface area (Å²) in [7, 11) is 1.53. The average molecular weight is 212 g/mol. The highest BCUT2D eigenvalue weighted by Crippen LogP contribution is 2.18. The van der Waals surface area contributed by atoms with Crippen LogP contribution in [0.4, 0.5) is 0 Å². The molecule has 84 valence electrons. The van der Waals surface area contributed by atoms with E-state index in [2.05, 4.69) is 0 Å². The van der Waals surface area contributed by atoms with Crippen molar-refractivity contribution in [3.05, 3.63) is 24.3 Å². The van der Waals surface area contributed by atoms with Crippen LogP contribution >= 0.6 is 0 Å². The molecular formula is C11H16O4. The van der Waals surface area contributed by atoms with Crippen molar-refractivity contribution in [1.29, 1.82) is 0 Å². The van der Waals surface area contributed by atoms with Crippen LogP contribution in [0.25, 0.3) is 0 Å². The van der Waals surface area contributed by atoms with Gasteiger partial charge < -0.3 is 19.7 Å². The summed E-state index contributed by atoms with van der Waals surface area (Å²) in [4.78, 5) is 0. The van der Waals surface area contributed by atoms with Gasteiger partial charge in [0.05, 0.1) is 6.61 Å². The number of hydrogen-bond acceptors (Lipinski definition) is 4. The number of aliphatic hydroxyl groups excluding tert-OH is 1. The van der Waals surface area contributed by atoms with Crippen LogP contribution in [-0.2, 0) is 4.74 Å². The second kappa shape index (κ2) is 5.58. The van der Waals surface area contributed by atoms with E-state index in [4.69, 9.17) is 19.7 Å². The molecule has 0 heterocycles. The van der Waals surface area contributed by atoms with Gasteiger partial charge >= 0.3 is 0 Å². The normalized spacial score (nSPS) is 14.6. The highest BCUT2D eigenvalue weighted by molar-refractivity contribution is 5.30. The monoisotopic (exact) mass is 212 g/mol. The first-order valence-corrected chi connectivity index (χ1v) is 4.76. The van der Waals surface area contributed by atoms with Gasteiger partial charge in [-0.2, -0.15) is 0 Å². The van der Waals surface area contributed by atoms with E-state index < -0.39 is 0 Å². The molecule has 1 rings (SSSR count). The quantitative estimate of drug-likeness (QED) is 0.769. The number of aliphatic hydroxyl groups is 1. The standard InChI is InChI=1S/C11H16O4/c1-8(11(7-12)14-2)15-10-5-3-9(13)4-6-10/h3-6,8,11-13H,7H2,1-2H3. The molecule has 1 aromatic carbocycles. The van der Waals surface area contributed by atoms with Crippen LogP contribution in [0.5, 0.6) is 11.5 Å². The molecule has 2 N–H and O–H groups in total. The van der Waals surface area contributed by atoms with E-state index in [1.807, 2.05) is 6.92 Å². The molecule has 4 heteroatoms. The topological polar surface area (TPSA) is 58.9 Å². The molecule has 0 aliphatic heterocycles. The SMILES string of the molecule is COC(CO)C(C)Oc1ccc(O)cc1. The maximum absolute atomic E-state index is 9.07. The number of phenolic OH excluding ortho intramolecular Hbond substituents is 1. The number of phenols is 1. The van der Waals surface area contributed by atoms with Crippen molar-refractivity contribution in [2.75, 3.05) is 13.7 Å². The number of aromatic hydroxyl groups is 1. The molecule has 0 radical (unpaired) electrons. The third-order valence-electron chi connectivity index (χ3n) is 2.16. The van der Waals surface area contributed by atoms with Crippen LogP contribution in [0.2, 0.25) is 0 Å². The smallest absolute Gasteiger partial charge is 0.124 e. The Kier molecular flexibility index (Phi) is 4.39. The molecule has 0 aliphatic carbocycles. The summed E-state index contributed by atoms with van der Waals surface area (Å²) in [6, 6.07) is 6.41. The minimum Gasteiger partial charge on any atom is -0.508 e. The summed E-state index contributed by atoms with van der Waals surface area (Å²) in [6.07, 6.45) is -0.594. The van der Waals surface area contributed by atoms with Gasteiger partial charge in [0.2, 0.25) is 0 Å². The summed E-state index contributed by atoms with van der Waals surface area (Å²) in [5.41, 5.74) is 0. The fourth-order valence-electron chi connectivity index (χ4n) is 1.23. The predicted molar refractivity (Wildman–Crippen MR) is 56.1 cm³/mol. The minimum atomic E-state index is -0.348. The van der Waals surface area contributed by atoms with Crippen LogP contribution in [-0.4, -0.2) is 36.1 Å². The van der Waals surface area contributed by atoms with E-state index >= 15 is 0 Å². The van der Waals surface area contributed by atoms with Gasteiger partial charge in [0.15, 0.2) is 0 Å². The van der Waals surface area contributed by atoms with E-state index in [1.54, 1.807) is 24.3 Å². The van der Waals surface area contributed by atoms with Gasteiger partial charge in [-0.15, -0.1) is 0 Å². The van der Waals surface area contributed by atoms with E-state index in [9.17, 15) is 0 Å². The van der Waals surface area contributed by atoms with Crippen molar-refractivity contribution >= 4 is 0 Å². The lowest BCUT2D eigenvalue weighted by molar-refractivity contribution is -0.0222. The van der Waals surface area contributed by atoms with Gasteiger partial charge in [-0.25, -0.2) is 0 Å². The Morgan fingerprint density at radius 3 is 2.33 bits per heavy atom. The fourth-order valence-corrected chi connectivity index (χ4v) is 1.23. The molecule has 0 saturated heterocycles. The largest absolute Gasteiger partial charge is 0.508 e. The van der Waals surface area contributed by atoms with E-state index in [1.165, 1.54) is 7.11 Å². The average Bonchev–Trinajstić information content (AvgIpc) is 2.23. The molecule has 4 nitrogen and oxygen atoms in total. The Morgan fingerprint density at radius 2 is 1.87 bits per heavy atom. The summed E-state index contributed by atoms with van der Waals surface area (Å²) >= 11 is 0. The lowest BCUT2D eigenvalue weighted by atomic mass is 10.2. The lowest BCUT2D eigenvalue weighted by Crippen LogP contribution is -2.33. The Hall–Kier alpha value is -1.26. The predicted octanol–water partition coefficient (Wildman–Crippen LogP) is 1.17. The first-order valence-electron chi connectivity index (χ1n) is 4.76. The molecular weight excluding hydrogens is 196 g/mol. The first-order chi connectivity index (χ1) is 7.17. The lowest BCUT2D eigenvalue weighted by Gasteiger charge is -2.21. The second-order valence-corrected chi connectivity index (χ2v) is 3.27. The molecule has 2 unspecified atom stereocenters. The summed E-state index contributed by atoms with van der Waals surface area (Å²) in [6.45, 7) is 1.73. The van der Waals surface area contributed by atoms with Gasteiger partial charge in [-0.1, -0.05) is 0 Å². The molecule has 0 saturated carbocycles. The minimum absolute atomic E-state index is 0.0875. The number of hydrogen-bond donors (Lipinski definition) is 2. The fraction of sp³-hybridized carbons (Fsp3) is 0.455. The maximum atomic E-state index is 9.07. The number of benzene rings is 1. The van der Waals surface area contributed by atoms with Crippen LogP contribution in [0.3, 0.4) is 0 Å². The molecule has 2 atom stereocenters. The third-order valence-corrected chi connectivity index (χ3v) is 2.16. The van der Waals surface area contributed by atoms with Crippen LogP contribution in [0.15, 0.2) is 24.3 Å². The zero-order valence-electron chi connectivity index (χ0n) is 8.88. The second-order valence-electron chi connectivity index (χ2n) is 3.27. The van der Waals surface area contributed by atoms with Gasteiger partial charge in [-0.05, 0) is 31.2 Å².